The molecule has 6 heteroatoms. The molecule has 0 bridgehead atoms. The van der Waals surface area contributed by atoms with Crippen molar-refractivity contribution in [2.24, 2.45) is 0 Å². The van der Waals surface area contributed by atoms with E-state index in [1.165, 1.54) is 11.8 Å². The average molecular weight is 407 g/mol. The lowest BCUT2D eigenvalue weighted by Gasteiger charge is -2.11. The molecule has 0 unspecified atom stereocenters. The van der Waals surface area contributed by atoms with Gasteiger partial charge in [-0.25, -0.2) is 0 Å². The van der Waals surface area contributed by atoms with Crippen LogP contribution in [0.25, 0.3) is 0 Å². The van der Waals surface area contributed by atoms with Crippen LogP contribution in [-0.4, -0.2) is 23.6 Å². The van der Waals surface area contributed by atoms with E-state index in [1.54, 1.807) is 6.07 Å². The lowest BCUT2D eigenvalue weighted by atomic mass is 10.2. The quantitative estimate of drug-likeness (QED) is 0.702. The Balaban J connectivity index is 2.07. The minimum Gasteiger partial charge on any atom is -0.353 e. The van der Waals surface area contributed by atoms with Crippen LogP contribution in [0, 0.1) is 0 Å². The maximum absolute atomic E-state index is 12.5. The Labute approximate surface area is 154 Å². The van der Waals surface area contributed by atoms with Crippen molar-refractivity contribution in [3.05, 3.63) is 58.6 Å². The second-order valence-corrected chi connectivity index (χ2v) is 7.40. The number of hydrogen-bond acceptors (Lipinski definition) is 3. The fraction of sp³-hybridized carbons (Fsp3) is 0.222. The van der Waals surface area contributed by atoms with Crippen molar-refractivity contribution < 1.29 is 9.59 Å². The minimum atomic E-state index is -0.194. The second kappa shape index (κ2) is 8.89. The summed E-state index contributed by atoms with van der Waals surface area (Å²) in [7, 11) is 0. The van der Waals surface area contributed by atoms with Gasteiger partial charge in [-0.2, -0.15) is 0 Å². The van der Waals surface area contributed by atoms with Crippen molar-refractivity contribution in [2.45, 2.75) is 24.8 Å². The van der Waals surface area contributed by atoms with Gasteiger partial charge < -0.3 is 10.6 Å². The summed E-state index contributed by atoms with van der Waals surface area (Å²) in [6, 6.07) is 14.8. The number of halogens is 1. The molecule has 126 valence electrons. The van der Waals surface area contributed by atoms with Gasteiger partial charge in [-0.15, -0.1) is 11.8 Å². The first-order valence-corrected chi connectivity index (χ1v) is 9.31. The van der Waals surface area contributed by atoms with E-state index in [4.69, 9.17) is 0 Å². The maximum atomic E-state index is 12.5. The smallest absolute Gasteiger partial charge is 0.256 e. The van der Waals surface area contributed by atoms with Crippen LogP contribution >= 0.6 is 27.7 Å². The van der Waals surface area contributed by atoms with Crippen molar-refractivity contribution in [2.75, 3.05) is 11.1 Å². The summed E-state index contributed by atoms with van der Waals surface area (Å²) in [6.07, 6.45) is 0. The molecule has 4 nitrogen and oxygen atoms in total. The number of benzene rings is 2. The predicted molar refractivity (Wildman–Crippen MR) is 103 cm³/mol. The molecule has 0 radical (unpaired) electrons. The Morgan fingerprint density at radius 2 is 1.88 bits per heavy atom. The molecule has 2 aromatic carbocycles. The topological polar surface area (TPSA) is 58.2 Å². The lowest BCUT2D eigenvalue weighted by molar-refractivity contribution is -0.119. The van der Waals surface area contributed by atoms with E-state index in [0.29, 0.717) is 11.3 Å². The Morgan fingerprint density at radius 1 is 1.12 bits per heavy atom. The number of carbonyl (C=O) groups is 2. The van der Waals surface area contributed by atoms with E-state index >= 15 is 0 Å². The van der Waals surface area contributed by atoms with E-state index in [1.807, 2.05) is 56.3 Å². The van der Waals surface area contributed by atoms with Crippen molar-refractivity contribution >= 4 is 45.2 Å². The molecule has 2 N–H and O–H groups in total. The third-order valence-electron chi connectivity index (χ3n) is 3.02. The maximum Gasteiger partial charge on any atom is 0.256 e. The molecule has 2 amide bonds. The van der Waals surface area contributed by atoms with Gasteiger partial charge in [0, 0.05) is 21.1 Å². The van der Waals surface area contributed by atoms with Gasteiger partial charge in [-0.3, -0.25) is 9.59 Å². The molecule has 0 aromatic heterocycles. The fourth-order valence-electron chi connectivity index (χ4n) is 2.05. The van der Waals surface area contributed by atoms with E-state index in [-0.39, 0.29) is 23.6 Å². The van der Waals surface area contributed by atoms with Gasteiger partial charge in [0.25, 0.3) is 5.91 Å². The van der Waals surface area contributed by atoms with Crippen molar-refractivity contribution in [1.29, 1.82) is 0 Å². The van der Waals surface area contributed by atoms with Gasteiger partial charge >= 0.3 is 0 Å². The van der Waals surface area contributed by atoms with Crippen LogP contribution < -0.4 is 10.6 Å². The Hall–Kier alpha value is -1.79. The molecular formula is C18H19BrN2O2S. The van der Waals surface area contributed by atoms with E-state index < -0.39 is 0 Å². The Kier molecular flexibility index (Phi) is 6.87. The number of thioether (sulfide) groups is 1. The van der Waals surface area contributed by atoms with Crippen LogP contribution in [0.5, 0.6) is 0 Å². The Morgan fingerprint density at radius 3 is 2.58 bits per heavy atom. The predicted octanol–water partition coefficient (Wildman–Crippen LogP) is 4.32. The molecule has 0 aliphatic heterocycles. The van der Waals surface area contributed by atoms with Crippen LogP contribution in [0.1, 0.15) is 24.2 Å². The first-order valence-electron chi connectivity index (χ1n) is 7.54. The summed E-state index contributed by atoms with van der Waals surface area (Å²) in [6.45, 7) is 3.84. The summed E-state index contributed by atoms with van der Waals surface area (Å²) < 4.78 is 0.897. The first kappa shape index (κ1) is 18.5. The lowest BCUT2D eigenvalue weighted by Crippen LogP contribution is -2.31. The molecule has 0 fully saturated rings. The second-order valence-electron chi connectivity index (χ2n) is 5.47. The van der Waals surface area contributed by atoms with Gasteiger partial charge in [-0.05, 0) is 44.2 Å². The Bertz CT molecular complexity index is 734. The van der Waals surface area contributed by atoms with Gasteiger partial charge in [0.15, 0.2) is 0 Å². The van der Waals surface area contributed by atoms with E-state index in [2.05, 4.69) is 26.6 Å². The minimum absolute atomic E-state index is 0.0443. The number of hydrogen-bond donors (Lipinski definition) is 2. The first-order chi connectivity index (χ1) is 11.5. The zero-order valence-corrected chi connectivity index (χ0v) is 15.9. The van der Waals surface area contributed by atoms with Crippen molar-refractivity contribution in [1.82, 2.24) is 5.32 Å². The molecular weight excluding hydrogens is 388 g/mol. The summed E-state index contributed by atoms with van der Waals surface area (Å²) in [5, 5.41) is 5.72. The molecule has 2 rings (SSSR count). The molecule has 0 spiro atoms. The average Bonchev–Trinajstić information content (AvgIpc) is 2.52. The van der Waals surface area contributed by atoms with E-state index in [0.717, 1.165) is 9.37 Å². The molecule has 2 aromatic rings. The largest absolute Gasteiger partial charge is 0.353 e. The monoisotopic (exact) mass is 406 g/mol. The highest BCUT2D eigenvalue weighted by Gasteiger charge is 2.13. The molecule has 0 aliphatic rings. The highest BCUT2D eigenvalue weighted by atomic mass is 79.9. The van der Waals surface area contributed by atoms with Crippen LogP contribution in [0.3, 0.4) is 0 Å². The SMILES string of the molecule is CC(C)NC(=O)CSc1ccccc1C(=O)Nc1cccc(Br)c1. The summed E-state index contributed by atoms with van der Waals surface area (Å²) in [5.41, 5.74) is 1.27. The molecule has 24 heavy (non-hydrogen) atoms. The summed E-state index contributed by atoms with van der Waals surface area (Å²) in [4.78, 5) is 25.1. The fourth-order valence-corrected chi connectivity index (χ4v) is 3.31. The highest BCUT2D eigenvalue weighted by Crippen LogP contribution is 2.24. The molecule has 0 aliphatic carbocycles. The zero-order valence-electron chi connectivity index (χ0n) is 13.5. The van der Waals surface area contributed by atoms with Crippen LogP contribution in [-0.2, 0) is 4.79 Å². The van der Waals surface area contributed by atoms with Gasteiger partial charge in [-0.1, -0.05) is 34.1 Å². The van der Waals surface area contributed by atoms with Crippen molar-refractivity contribution in [3.63, 3.8) is 0 Å². The molecule has 0 saturated carbocycles. The van der Waals surface area contributed by atoms with Crippen LogP contribution in [0.15, 0.2) is 57.9 Å². The molecule has 0 atom stereocenters. The number of anilines is 1. The highest BCUT2D eigenvalue weighted by molar-refractivity contribution is 9.10. The van der Waals surface area contributed by atoms with Gasteiger partial charge in [0.1, 0.15) is 0 Å². The molecule has 0 saturated heterocycles. The van der Waals surface area contributed by atoms with Crippen LogP contribution in [0.4, 0.5) is 5.69 Å². The standard InChI is InChI=1S/C18H19BrN2O2S/c1-12(2)20-17(22)11-24-16-9-4-3-8-15(16)18(23)21-14-7-5-6-13(19)10-14/h3-10,12H,11H2,1-2H3,(H,20,22)(H,21,23). The molecule has 0 heterocycles. The summed E-state index contributed by atoms with van der Waals surface area (Å²) in [5.74, 6) is 0.0389. The normalized spacial score (nSPS) is 10.5. The third-order valence-corrected chi connectivity index (χ3v) is 4.59. The number of carbonyl (C=O) groups excluding carboxylic acids is 2. The summed E-state index contributed by atoms with van der Waals surface area (Å²) >= 11 is 4.74. The number of amides is 2. The van der Waals surface area contributed by atoms with Crippen LogP contribution in [0.2, 0.25) is 0 Å². The van der Waals surface area contributed by atoms with Gasteiger partial charge in [0.2, 0.25) is 5.91 Å². The number of nitrogens with one attached hydrogen (secondary N) is 2. The van der Waals surface area contributed by atoms with Gasteiger partial charge in [0.05, 0.1) is 11.3 Å². The zero-order chi connectivity index (χ0) is 17.5. The van der Waals surface area contributed by atoms with Crippen molar-refractivity contribution in [3.8, 4) is 0 Å². The number of rotatable bonds is 6. The van der Waals surface area contributed by atoms with E-state index in [9.17, 15) is 9.59 Å². The third kappa shape index (κ3) is 5.69.